The van der Waals surface area contributed by atoms with E-state index in [0.717, 1.165) is 12.5 Å². The van der Waals surface area contributed by atoms with E-state index in [1.165, 1.54) is 31.4 Å². The zero-order valence-corrected chi connectivity index (χ0v) is 11.7. The van der Waals surface area contributed by atoms with Gasteiger partial charge in [0.2, 0.25) is 5.95 Å². The lowest BCUT2D eigenvalue weighted by atomic mass is 10.2. The van der Waals surface area contributed by atoms with Crippen LogP contribution in [-0.4, -0.2) is 28.1 Å². The summed E-state index contributed by atoms with van der Waals surface area (Å²) in [5, 5.41) is 3.49. The second-order valence-corrected chi connectivity index (χ2v) is 5.95. The van der Waals surface area contributed by atoms with Crippen molar-refractivity contribution in [2.24, 2.45) is 5.92 Å². The third-order valence-corrected chi connectivity index (χ3v) is 4.35. The first-order valence-electron chi connectivity index (χ1n) is 6.57. The van der Waals surface area contributed by atoms with Crippen LogP contribution < -0.4 is 5.32 Å². The molecule has 0 aromatic carbocycles. The van der Waals surface area contributed by atoms with Crippen molar-refractivity contribution in [1.29, 1.82) is 0 Å². The van der Waals surface area contributed by atoms with Gasteiger partial charge < -0.3 is 9.88 Å². The van der Waals surface area contributed by atoms with Gasteiger partial charge in [-0.15, -0.1) is 0 Å². The van der Waals surface area contributed by atoms with Crippen molar-refractivity contribution in [2.45, 2.75) is 38.6 Å². The number of aromatic nitrogens is 2. The van der Waals surface area contributed by atoms with E-state index in [-0.39, 0.29) is 0 Å². The van der Waals surface area contributed by atoms with Gasteiger partial charge in [0.1, 0.15) is 0 Å². The number of nitrogens with zero attached hydrogens (tertiary/aromatic N) is 2. The number of thioether (sulfide) groups is 1. The first-order valence-corrected chi connectivity index (χ1v) is 7.96. The Kier molecular flexibility index (Phi) is 4.77. The summed E-state index contributed by atoms with van der Waals surface area (Å²) in [5.41, 5.74) is 0. The van der Waals surface area contributed by atoms with Gasteiger partial charge in [-0.3, -0.25) is 0 Å². The lowest BCUT2D eigenvalue weighted by molar-refractivity contribution is 0.521. The largest absolute Gasteiger partial charge is 0.355 e. The highest BCUT2D eigenvalue weighted by atomic mass is 32.2. The molecule has 2 rings (SSSR count). The standard InChI is InChI=1S/C13H23N3S/c1-11(10-17-2)9-15-13-14-7-8-16(13)12-5-3-4-6-12/h7-8,11-12H,3-6,9-10H2,1-2H3,(H,14,15). The van der Waals surface area contributed by atoms with E-state index in [1.807, 2.05) is 18.0 Å². The van der Waals surface area contributed by atoms with Gasteiger partial charge in [0.25, 0.3) is 0 Å². The first kappa shape index (κ1) is 12.8. The second kappa shape index (κ2) is 6.34. The van der Waals surface area contributed by atoms with E-state index in [9.17, 15) is 0 Å². The van der Waals surface area contributed by atoms with Crippen LogP contribution >= 0.6 is 11.8 Å². The summed E-state index contributed by atoms with van der Waals surface area (Å²) in [6.45, 7) is 3.30. The van der Waals surface area contributed by atoms with Gasteiger partial charge >= 0.3 is 0 Å². The van der Waals surface area contributed by atoms with Crippen molar-refractivity contribution >= 4 is 17.7 Å². The van der Waals surface area contributed by atoms with E-state index in [4.69, 9.17) is 0 Å². The van der Waals surface area contributed by atoms with Crippen LogP contribution in [0.4, 0.5) is 5.95 Å². The molecule has 0 radical (unpaired) electrons. The monoisotopic (exact) mass is 253 g/mol. The van der Waals surface area contributed by atoms with Crippen LogP contribution in [0.5, 0.6) is 0 Å². The number of imidazole rings is 1. The molecule has 1 fully saturated rings. The van der Waals surface area contributed by atoms with Gasteiger partial charge in [-0.25, -0.2) is 4.98 Å². The van der Waals surface area contributed by atoms with E-state index in [2.05, 4.69) is 34.2 Å². The zero-order chi connectivity index (χ0) is 12.1. The molecule has 0 spiro atoms. The van der Waals surface area contributed by atoms with E-state index in [1.54, 1.807) is 0 Å². The van der Waals surface area contributed by atoms with Gasteiger partial charge in [0.05, 0.1) is 0 Å². The Morgan fingerprint density at radius 1 is 1.53 bits per heavy atom. The molecule has 1 saturated carbocycles. The maximum Gasteiger partial charge on any atom is 0.203 e. The predicted molar refractivity (Wildman–Crippen MR) is 75.8 cm³/mol. The lowest BCUT2D eigenvalue weighted by Gasteiger charge is -2.17. The highest BCUT2D eigenvalue weighted by molar-refractivity contribution is 7.98. The van der Waals surface area contributed by atoms with Crippen molar-refractivity contribution in [2.75, 3.05) is 23.9 Å². The highest BCUT2D eigenvalue weighted by Crippen LogP contribution is 2.31. The average Bonchev–Trinajstić information content (AvgIpc) is 2.97. The minimum Gasteiger partial charge on any atom is -0.355 e. The van der Waals surface area contributed by atoms with Gasteiger partial charge in [0, 0.05) is 25.0 Å². The average molecular weight is 253 g/mol. The molecule has 1 unspecified atom stereocenters. The van der Waals surface area contributed by atoms with Crippen molar-refractivity contribution in [3.8, 4) is 0 Å². The molecule has 1 atom stereocenters. The molecule has 0 amide bonds. The van der Waals surface area contributed by atoms with Crippen LogP contribution in [0, 0.1) is 5.92 Å². The molecule has 4 heteroatoms. The van der Waals surface area contributed by atoms with Crippen LogP contribution in [0.15, 0.2) is 12.4 Å². The Hall–Kier alpha value is -0.640. The van der Waals surface area contributed by atoms with Crippen LogP contribution in [0.1, 0.15) is 38.6 Å². The number of hydrogen-bond acceptors (Lipinski definition) is 3. The SMILES string of the molecule is CSCC(C)CNc1nccn1C1CCCC1. The van der Waals surface area contributed by atoms with Crippen LogP contribution in [-0.2, 0) is 0 Å². The van der Waals surface area contributed by atoms with Crippen molar-refractivity contribution < 1.29 is 0 Å². The summed E-state index contributed by atoms with van der Waals surface area (Å²) in [6.07, 6.45) is 11.6. The number of nitrogens with one attached hydrogen (secondary N) is 1. The summed E-state index contributed by atoms with van der Waals surface area (Å²) < 4.78 is 2.33. The van der Waals surface area contributed by atoms with Gasteiger partial charge in [-0.05, 0) is 30.8 Å². The van der Waals surface area contributed by atoms with Crippen LogP contribution in [0.3, 0.4) is 0 Å². The summed E-state index contributed by atoms with van der Waals surface area (Å²) in [6, 6.07) is 0.677. The Morgan fingerprint density at radius 3 is 3.00 bits per heavy atom. The molecule has 17 heavy (non-hydrogen) atoms. The minimum atomic E-state index is 0.677. The fourth-order valence-corrected chi connectivity index (χ4v) is 3.22. The molecular formula is C13H23N3S. The number of hydrogen-bond donors (Lipinski definition) is 1. The van der Waals surface area contributed by atoms with Gasteiger partial charge in [-0.1, -0.05) is 19.8 Å². The molecule has 0 aliphatic heterocycles. The molecular weight excluding hydrogens is 230 g/mol. The van der Waals surface area contributed by atoms with Crippen molar-refractivity contribution in [1.82, 2.24) is 9.55 Å². The Bertz CT molecular complexity index is 331. The normalized spacial score (nSPS) is 18.5. The van der Waals surface area contributed by atoms with E-state index < -0.39 is 0 Å². The second-order valence-electron chi connectivity index (χ2n) is 5.04. The predicted octanol–water partition coefficient (Wildman–Crippen LogP) is 3.41. The highest BCUT2D eigenvalue weighted by Gasteiger charge is 2.19. The first-order chi connectivity index (χ1) is 8.31. The third-order valence-electron chi connectivity index (χ3n) is 3.45. The summed E-state index contributed by atoms with van der Waals surface area (Å²) in [5.74, 6) is 2.96. The Morgan fingerprint density at radius 2 is 2.29 bits per heavy atom. The molecule has 1 aliphatic carbocycles. The Balaban J connectivity index is 1.90. The third kappa shape index (κ3) is 3.41. The fraction of sp³-hybridized carbons (Fsp3) is 0.769. The molecule has 1 heterocycles. The molecule has 96 valence electrons. The van der Waals surface area contributed by atoms with Crippen molar-refractivity contribution in [3.63, 3.8) is 0 Å². The summed E-state index contributed by atoms with van der Waals surface area (Å²) >= 11 is 1.91. The summed E-state index contributed by atoms with van der Waals surface area (Å²) in [7, 11) is 0. The van der Waals surface area contributed by atoms with Crippen LogP contribution in [0.2, 0.25) is 0 Å². The maximum absolute atomic E-state index is 4.44. The molecule has 1 aromatic heterocycles. The molecule has 0 bridgehead atoms. The van der Waals surface area contributed by atoms with Gasteiger partial charge in [-0.2, -0.15) is 11.8 Å². The summed E-state index contributed by atoms with van der Waals surface area (Å²) in [4.78, 5) is 4.44. The Labute approximate surface area is 108 Å². The lowest BCUT2D eigenvalue weighted by Crippen LogP contribution is -2.17. The number of rotatable bonds is 6. The van der Waals surface area contributed by atoms with Gasteiger partial charge in [0.15, 0.2) is 0 Å². The molecule has 0 saturated heterocycles. The topological polar surface area (TPSA) is 29.9 Å². The smallest absolute Gasteiger partial charge is 0.203 e. The number of anilines is 1. The van der Waals surface area contributed by atoms with Crippen LogP contribution in [0.25, 0.3) is 0 Å². The molecule has 1 N–H and O–H groups in total. The van der Waals surface area contributed by atoms with E-state index in [0.29, 0.717) is 12.0 Å². The van der Waals surface area contributed by atoms with Crippen molar-refractivity contribution in [3.05, 3.63) is 12.4 Å². The fourth-order valence-electron chi connectivity index (χ4n) is 2.54. The minimum absolute atomic E-state index is 0.677. The maximum atomic E-state index is 4.44. The zero-order valence-electron chi connectivity index (χ0n) is 10.9. The van der Waals surface area contributed by atoms with E-state index >= 15 is 0 Å². The quantitative estimate of drug-likeness (QED) is 0.842. The molecule has 3 nitrogen and oxygen atoms in total. The molecule has 1 aromatic rings. The molecule has 1 aliphatic rings.